The van der Waals surface area contributed by atoms with Gasteiger partial charge in [-0.2, -0.15) is 0 Å². The Hall–Kier alpha value is -2.01. The highest BCUT2D eigenvalue weighted by Gasteiger charge is 2.26. The van der Waals surface area contributed by atoms with Crippen LogP contribution in [0.2, 0.25) is 0 Å². The first-order valence-corrected chi connectivity index (χ1v) is 9.72. The molecule has 2 aromatic rings. The van der Waals surface area contributed by atoms with Crippen LogP contribution in [0, 0.1) is 11.6 Å². The van der Waals surface area contributed by atoms with Gasteiger partial charge in [-0.3, -0.25) is 4.99 Å². The molecule has 9 heteroatoms. The van der Waals surface area contributed by atoms with Gasteiger partial charge in [0.1, 0.15) is 5.82 Å². The first-order chi connectivity index (χ1) is 14.0. The number of hydrogen-bond acceptors (Lipinski definition) is 4. The average Bonchev–Trinajstić information content (AvgIpc) is 3.17. The van der Waals surface area contributed by atoms with Gasteiger partial charge in [0.05, 0.1) is 6.04 Å². The first kappa shape index (κ1) is 24.3. The van der Waals surface area contributed by atoms with Crippen molar-refractivity contribution in [2.24, 2.45) is 4.99 Å². The summed E-state index contributed by atoms with van der Waals surface area (Å²) in [5.41, 5.74) is 1.03. The largest absolute Gasteiger partial charge is 0.354 e. The van der Waals surface area contributed by atoms with E-state index in [2.05, 4.69) is 25.5 Å². The molecule has 2 atom stereocenters. The van der Waals surface area contributed by atoms with Crippen LogP contribution in [0.3, 0.4) is 0 Å². The van der Waals surface area contributed by atoms with Crippen LogP contribution in [0.25, 0.3) is 0 Å². The zero-order chi connectivity index (χ0) is 20.8. The second-order valence-electron chi connectivity index (χ2n) is 7.37. The Kier molecular flexibility index (Phi) is 9.22. The minimum Gasteiger partial charge on any atom is -0.354 e. The lowest BCUT2D eigenvalue weighted by Crippen LogP contribution is -2.46. The van der Waals surface area contributed by atoms with Crippen molar-refractivity contribution in [3.8, 4) is 0 Å². The number of nitrogens with one attached hydrogen (secondary N) is 2. The fourth-order valence-electron chi connectivity index (χ4n) is 3.55. The summed E-state index contributed by atoms with van der Waals surface area (Å²) < 4.78 is 27.2. The fourth-order valence-corrected chi connectivity index (χ4v) is 3.55. The highest BCUT2D eigenvalue weighted by molar-refractivity contribution is 14.0. The van der Waals surface area contributed by atoms with Crippen LogP contribution < -0.4 is 15.5 Å². The third-order valence-corrected chi connectivity index (χ3v) is 5.13. The van der Waals surface area contributed by atoms with E-state index in [1.807, 2.05) is 19.0 Å². The number of rotatable bonds is 6. The van der Waals surface area contributed by atoms with Gasteiger partial charge in [0.25, 0.3) is 0 Å². The molecular weight excluding hydrogens is 501 g/mol. The summed E-state index contributed by atoms with van der Waals surface area (Å²) in [4.78, 5) is 12.5. The summed E-state index contributed by atoms with van der Waals surface area (Å²) in [7, 11) is 5.70. The molecule has 0 bridgehead atoms. The molecule has 0 radical (unpaired) electrons. The molecule has 1 aliphatic rings. The van der Waals surface area contributed by atoms with Crippen molar-refractivity contribution in [1.29, 1.82) is 0 Å². The van der Waals surface area contributed by atoms with Gasteiger partial charge in [-0.1, -0.05) is 12.1 Å². The Morgan fingerprint density at radius 3 is 2.63 bits per heavy atom. The van der Waals surface area contributed by atoms with Crippen LogP contribution in [-0.4, -0.2) is 62.7 Å². The van der Waals surface area contributed by atoms with E-state index in [0.29, 0.717) is 24.9 Å². The molecule has 0 aliphatic carbocycles. The summed E-state index contributed by atoms with van der Waals surface area (Å²) in [5, 5.41) is 6.76. The van der Waals surface area contributed by atoms with Gasteiger partial charge >= 0.3 is 0 Å². The number of likely N-dealkylation sites (N-methyl/N-ethyl adjacent to an activating group) is 1. The maximum absolute atomic E-state index is 14.0. The summed E-state index contributed by atoms with van der Waals surface area (Å²) in [6, 6.07) is 9.79. The maximum Gasteiger partial charge on any atom is 0.191 e. The number of benzene rings is 1. The molecule has 1 aliphatic heterocycles. The lowest BCUT2D eigenvalue weighted by atomic mass is 10.1. The van der Waals surface area contributed by atoms with E-state index in [4.69, 9.17) is 0 Å². The number of hydrogen-bond donors (Lipinski definition) is 2. The number of pyridine rings is 1. The zero-order valence-corrected chi connectivity index (χ0v) is 19.8. The molecule has 30 heavy (non-hydrogen) atoms. The monoisotopic (exact) mass is 530 g/mol. The quantitative estimate of drug-likeness (QED) is 0.342. The minimum absolute atomic E-state index is 0. The molecule has 2 heterocycles. The fraction of sp³-hybridized carbons (Fsp3) is 0.429. The van der Waals surface area contributed by atoms with Crippen LogP contribution in [-0.2, 0) is 0 Å². The van der Waals surface area contributed by atoms with E-state index in [1.54, 1.807) is 31.4 Å². The summed E-state index contributed by atoms with van der Waals surface area (Å²) in [5.74, 6) is 0.534. The molecule has 2 N–H and O–H groups in total. The van der Waals surface area contributed by atoms with Crippen LogP contribution >= 0.6 is 24.0 Å². The molecule has 1 aromatic heterocycles. The summed E-state index contributed by atoms with van der Waals surface area (Å²) in [6.45, 7) is 2.01. The second kappa shape index (κ2) is 11.4. The third-order valence-electron chi connectivity index (χ3n) is 5.13. The number of aromatic nitrogens is 1. The average molecular weight is 530 g/mol. The molecule has 2 unspecified atom stereocenters. The molecule has 164 valence electrons. The predicted molar refractivity (Wildman–Crippen MR) is 128 cm³/mol. The van der Waals surface area contributed by atoms with E-state index in [9.17, 15) is 8.78 Å². The lowest BCUT2D eigenvalue weighted by Gasteiger charge is -2.27. The van der Waals surface area contributed by atoms with E-state index in [0.717, 1.165) is 18.5 Å². The molecule has 0 amide bonds. The lowest BCUT2D eigenvalue weighted by molar-refractivity contribution is 0.297. The van der Waals surface area contributed by atoms with Gasteiger partial charge in [0.2, 0.25) is 0 Å². The summed E-state index contributed by atoms with van der Waals surface area (Å²) in [6.07, 6.45) is 2.47. The number of halogens is 3. The van der Waals surface area contributed by atoms with Gasteiger partial charge < -0.3 is 20.4 Å². The van der Waals surface area contributed by atoms with Gasteiger partial charge in [-0.25, -0.2) is 13.8 Å². The normalized spacial score (nSPS) is 17.6. The topological polar surface area (TPSA) is 55.8 Å². The van der Waals surface area contributed by atoms with Gasteiger partial charge in [-0.15, -0.1) is 24.0 Å². The molecule has 0 saturated carbocycles. The summed E-state index contributed by atoms with van der Waals surface area (Å²) >= 11 is 0. The standard InChI is InChI=1S/C21H28F2N6.HI/c1-24-21(26-13-19(28(2)3)15-6-8-16(22)9-7-15)27-17-10-12-29(14-17)20-18(23)5-4-11-25-20;/h4-9,11,17,19H,10,12-14H2,1-3H3,(H2,24,26,27);1H. The van der Waals surface area contributed by atoms with Crippen LogP contribution in [0.1, 0.15) is 18.0 Å². The number of anilines is 1. The molecule has 0 spiro atoms. The molecule has 6 nitrogen and oxygen atoms in total. The van der Waals surface area contributed by atoms with Gasteiger partial charge in [-0.05, 0) is 50.3 Å². The molecular formula is C21H29F2IN6. The number of nitrogens with zero attached hydrogens (tertiary/aromatic N) is 4. The molecule has 1 fully saturated rings. The van der Waals surface area contributed by atoms with Crippen LogP contribution in [0.5, 0.6) is 0 Å². The SMILES string of the molecule is CN=C(NCC(c1ccc(F)cc1)N(C)C)NC1CCN(c2ncccc2F)C1.I. The Bertz CT molecular complexity index is 831. The number of guanidine groups is 1. The van der Waals surface area contributed by atoms with Crippen molar-refractivity contribution in [2.45, 2.75) is 18.5 Å². The molecule has 3 rings (SSSR count). The van der Waals surface area contributed by atoms with Gasteiger partial charge in [0.15, 0.2) is 17.6 Å². The Balaban J connectivity index is 0.00000320. The van der Waals surface area contributed by atoms with E-state index in [-0.39, 0.29) is 47.7 Å². The van der Waals surface area contributed by atoms with Crippen molar-refractivity contribution in [3.05, 3.63) is 59.8 Å². The van der Waals surface area contributed by atoms with Crippen LogP contribution in [0.4, 0.5) is 14.6 Å². The maximum atomic E-state index is 14.0. The smallest absolute Gasteiger partial charge is 0.191 e. The van der Waals surface area contributed by atoms with Crippen molar-refractivity contribution in [1.82, 2.24) is 20.5 Å². The predicted octanol–water partition coefficient (Wildman–Crippen LogP) is 3.02. The van der Waals surface area contributed by atoms with Crippen molar-refractivity contribution in [2.75, 3.05) is 45.7 Å². The first-order valence-electron chi connectivity index (χ1n) is 9.72. The highest BCUT2D eigenvalue weighted by atomic mass is 127. The third kappa shape index (κ3) is 6.24. The van der Waals surface area contributed by atoms with Gasteiger partial charge in [0, 0.05) is 38.9 Å². The van der Waals surface area contributed by atoms with Crippen LogP contribution in [0.15, 0.2) is 47.6 Å². The zero-order valence-electron chi connectivity index (χ0n) is 17.5. The van der Waals surface area contributed by atoms with Crippen molar-refractivity contribution >= 4 is 35.8 Å². The van der Waals surface area contributed by atoms with E-state index < -0.39 is 0 Å². The molecule has 1 saturated heterocycles. The van der Waals surface area contributed by atoms with Crippen molar-refractivity contribution < 1.29 is 8.78 Å². The minimum atomic E-state index is -0.302. The Morgan fingerprint density at radius 1 is 1.27 bits per heavy atom. The second-order valence-corrected chi connectivity index (χ2v) is 7.37. The molecule has 1 aromatic carbocycles. The number of aliphatic imine (C=N–C) groups is 1. The van der Waals surface area contributed by atoms with Crippen molar-refractivity contribution in [3.63, 3.8) is 0 Å². The Labute approximate surface area is 193 Å². The van der Waals surface area contributed by atoms with E-state index >= 15 is 0 Å². The highest BCUT2D eigenvalue weighted by Crippen LogP contribution is 2.21. The van der Waals surface area contributed by atoms with E-state index in [1.165, 1.54) is 18.2 Å². The Morgan fingerprint density at radius 2 is 2.00 bits per heavy atom.